The molecule has 3 heteroatoms. The molecule has 1 unspecified atom stereocenters. The number of amides is 1. The largest absolute Gasteiger partial charge is 0.328 e. The number of carbonyl (C=O) groups is 1. The zero-order chi connectivity index (χ0) is 11.7. The first kappa shape index (κ1) is 11.1. The molecule has 3 nitrogen and oxygen atoms in total. The van der Waals surface area contributed by atoms with E-state index in [1.165, 1.54) is 11.1 Å². The molecular weight excluding hydrogens is 200 g/mol. The van der Waals surface area contributed by atoms with Gasteiger partial charge in [-0.2, -0.15) is 0 Å². The van der Waals surface area contributed by atoms with Crippen molar-refractivity contribution in [2.24, 2.45) is 5.73 Å². The number of hydrogen-bond donors (Lipinski definition) is 1. The van der Waals surface area contributed by atoms with Gasteiger partial charge in [0, 0.05) is 25.2 Å². The molecule has 86 valence electrons. The topological polar surface area (TPSA) is 46.3 Å². The lowest BCUT2D eigenvalue weighted by Crippen LogP contribution is -2.25. The Bertz CT molecular complexity index is 412. The first-order chi connectivity index (χ1) is 7.59. The summed E-state index contributed by atoms with van der Waals surface area (Å²) in [6.45, 7) is 4.44. The van der Waals surface area contributed by atoms with Gasteiger partial charge in [0.2, 0.25) is 5.91 Å². The van der Waals surface area contributed by atoms with Gasteiger partial charge >= 0.3 is 0 Å². The summed E-state index contributed by atoms with van der Waals surface area (Å²) in [6, 6.07) is 6.32. The lowest BCUT2D eigenvalue weighted by molar-refractivity contribution is -0.116. The molecule has 1 heterocycles. The average molecular weight is 218 g/mol. The fourth-order valence-corrected chi connectivity index (χ4v) is 2.37. The highest BCUT2D eigenvalue weighted by Gasteiger charge is 2.23. The van der Waals surface area contributed by atoms with E-state index < -0.39 is 0 Å². The second-order valence-electron chi connectivity index (χ2n) is 4.52. The van der Waals surface area contributed by atoms with E-state index in [9.17, 15) is 4.79 Å². The first-order valence-corrected chi connectivity index (χ1v) is 5.74. The number of fused-ring (bicyclic) bond motifs is 1. The number of nitrogens with two attached hydrogens (primary N) is 1. The molecule has 1 aliphatic rings. The molecule has 0 aliphatic carbocycles. The summed E-state index contributed by atoms with van der Waals surface area (Å²) in [5, 5.41) is 0. The molecule has 1 atom stereocenters. The van der Waals surface area contributed by atoms with E-state index in [0.717, 1.165) is 25.1 Å². The lowest BCUT2D eigenvalue weighted by Gasteiger charge is -2.16. The summed E-state index contributed by atoms with van der Waals surface area (Å²) in [5.74, 6) is 0.122. The number of anilines is 1. The van der Waals surface area contributed by atoms with Gasteiger partial charge in [0.05, 0.1) is 0 Å². The van der Waals surface area contributed by atoms with E-state index in [-0.39, 0.29) is 11.9 Å². The van der Waals surface area contributed by atoms with E-state index in [2.05, 4.69) is 6.07 Å². The summed E-state index contributed by atoms with van der Waals surface area (Å²) in [7, 11) is 0. The van der Waals surface area contributed by atoms with Crippen LogP contribution in [-0.2, 0) is 17.6 Å². The third-order valence-electron chi connectivity index (χ3n) is 3.05. The predicted octanol–water partition coefficient (Wildman–Crippen LogP) is 1.49. The van der Waals surface area contributed by atoms with Crippen molar-refractivity contribution in [1.29, 1.82) is 0 Å². The van der Waals surface area contributed by atoms with Gasteiger partial charge < -0.3 is 10.6 Å². The van der Waals surface area contributed by atoms with Crippen molar-refractivity contribution >= 4 is 11.6 Å². The van der Waals surface area contributed by atoms with Crippen LogP contribution in [0.1, 0.15) is 25.0 Å². The molecule has 0 bridgehead atoms. The van der Waals surface area contributed by atoms with Crippen LogP contribution in [0.15, 0.2) is 18.2 Å². The van der Waals surface area contributed by atoms with Crippen molar-refractivity contribution in [3.63, 3.8) is 0 Å². The quantitative estimate of drug-likeness (QED) is 0.817. The normalized spacial score (nSPS) is 16.1. The number of hydrogen-bond acceptors (Lipinski definition) is 2. The van der Waals surface area contributed by atoms with E-state index in [1.807, 2.05) is 24.0 Å². The Labute approximate surface area is 96.2 Å². The third-order valence-corrected chi connectivity index (χ3v) is 3.05. The van der Waals surface area contributed by atoms with Gasteiger partial charge in [-0.3, -0.25) is 4.79 Å². The Morgan fingerprint density at radius 1 is 1.56 bits per heavy atom. The molecular formula is C13H18N2O. The molecule has 16 heavy (non-hydrogen) atoms. The van der Waals surface area contributed by atoms with Crippen LogP contribution in [0.2, 0.25) is 0 Å². The van der Waals surface area contributed by atoms with E-state index in [0.29, 0.717) is 0 Å². The number of nitrogens with zero attached hydrogens (tertiary/aromatic N) is 1. The number of rotatable bonds is 2. The maximum Gasteiger partial charge on any atom is 0.223 e. The minimum absolute atomic E-state index is 0.122. The summed E-state index contributed by atoms with van der Waals surface area (Å²) >= 11 is 0. The highest BCUT2D eigenvalue weighted by molar-refractivity contribution is 5.94. The van der Waals surface area contributed by atoms with Crippen LogP contribution in [0.3, 0.4) is 0 Å². The fraction of sp³-hybridized carbons (Fsp3) is 0.462. The molecule has 0 aromatic heterocycles. The van der Waals surface area contributed by atoms with Gasteiger partial charge in [0.1, 0.15) is 0 Å². The summed E-state index contributed by atoms with van der Waals surface area (Å²) in [4.78, 5) is 13.3. The van der Waals surface area contributed by atoms with Crippen LogP contribution in [0, 0.1) is 0 Å². The Morgan fingerprint density at radius 3 is 2.94 bits per heavy atom. The van der Waals surface area contributed by atoms with Crippen molar-refractivity contribution < 1.29 is 4.79 Å². The van der Waals surface area contributed by atoms with Crippen LogP contribution < -0.4 is 10.6 Å². The summed E-state index contributed by atoms with van der Waals surface area (Å²) < 4.78 is 0. The fourth-order valence-electron chi connectivity index (χ4n) is 2.37. The maximum atomic E-state index is 11.4. The highest BCUT2D eigenvalue weighted by Crippen LogP contribution is 2.31. The highest BCUT2D eigenvalue weighted by atomic mass is 16.2. The Morgan fingerprint density at radius 2 is 2.31 bits per heavy atom. The molecule has 0 saturated heterocycles. The Kier molecular flexibility index (Phi) is 2.97. The minimum atomic E-state index is 0.122. The molecule has 0 radical (unpaired) electrons. The Hall–Kier alpha value is -1.35. The van der Waals surface area contributed by atoms with Crippen LogP contribution in [0.25, 0.3) is 0 Å². The average Bonchev–Trinajstić information content (AvgIpc) is 2.61. The summed E-state index contributed by atoms with van der Waals surface area (Å²) in [5.41, 5.74) is 9.50. The monoisotopic (exact) mass is 218 g/mol. The second-order valence-corrected chi connectivity index (χ2v) is 4.52. The van der Waals surface area contributed by atoms with Gasteiger partial charge in [0.25, 0.3) is 0 Å². The molecule has 1 aromatic rings. The molecule has 0 spiro atoms. The SMILES string of the molecule is CC(=O)N1CCc2c(CC(C)N)cccc21. The maximum absolute atomic E-state index is 11.4. The predicted molar refractivity (Wildman–Crippen MR) is 65.5 cm³/mol. The van der Waals surface area contributed by atoms with E-state index in [1.54, 1.807) is 6.92 Å². The summed E-state index contributed by atoms with van der Waals surface area (Å²) in [6.07, 6.45) is 1.84. The van der Waals surface area contributed by atoms with Crippen molar-refractivity contribution in [2.75, 3.05) is 11.4 Å². The first-order valence-electron chi connectivity index (χ1n) is 5.74. The zero-order valence-electron chi connectivity index (χ0n) is 9.86. The minimum Gasteiger partial charge on any atom is -0.328 e. The van der Waals surface area contributed by atoms with Gasteiger partial charge in [-0.15, -0.1) is 0 Å². The number of carbonyl (C=O) groups excluding carboxylic acids is 1. The molecule has 0 fully saturated rings. The number of benzene rings is 1. The third kappa shape index (κ3) is 1.95. The van der Waals surface area contributed by atoms with Crippen LogP contribution >= 0.6 is 0 Å². The van der Waals surface area contributed by atoms with Gasteiger partial charge in [-0.1, -0.05) is 12.1 Å². The molecule has 1 aliphatic heterocycles. The van der Waals surface area contributed by atoms with Crippen molar-refractivity contribution in [3.8, 4) is 0 Å². The van der Waals surface area contributed by atoms with Crippen molar-refractivity contribution in [2.45, 2.75) is 32.7 Å². The van der Waals surface area contributed by atoms with E-state index >= 15 is 0 Å². The van der Waals surface area contributed by atoms with Crippen LogP contribution in [0.5, 0.6) is 0 Å². The van der Waals surface area contributed by atoms with Crippen molar-refractivity contribution in [3.05, 3.63) is 29.3 Å². The molecule has 2 N–H and O–H groups in total. The van der Waals surface area contributed by atoms with Crippen LogP contribution in [0.4, 0.5) is 5.69 Å². The second kappa shape index (κ2) is 4.26. The van der Waals surface area contributed by atoms with Gasteiger partial charge in [-0.25, -0.2) is 0 Å². The Balaban J connectivity index is 2.36. The standard InChI is InChI=1S/C13H18N2O/c1-9(14)8-11-4-3-5-13-12(11)6-7-15(13)10(2)16/h3-5,9H,6-8,14H2,1-2H3. The van der Waals surface area contributed by atoms with E-state index in [4.69, 9.17) is 5.73 Å². The lowest BCUT2D eigenvalue weighted by atomic mass is 9.99. The smallest absolute Gasteiger partial charge is 0.223 e. The molecule has 2 rings (SSSR count). The molecule has 1 aromatic carbocycles. The van der Waals surface area contributed by atoms with Crippen molar-refractivity contribution in [1.82, 2.24) is 0 Å². The van der Waals surface area contributed by atoms with Gasteiger partial charge in [0.15, 0.2) is 0 Å². The molecule has 0 saturated carbocycles. The molecule has 1 amide bonds. The zero-order valence-corrected chi connectivity index (χ0v) is 9.86. The van der Waals surface area contributed by atoms with Gasteiger partial charge in [-0.05, 0) is 37.0 Å². The van der Waals surface area contributed by atoms with Crippen LogP contribution in [-0.4, -0.2) is 18.5 Å².